The van der Waals surface area contributed by atoms with Crippen LogP contribution in [-0.2, 0) is 4.79 Å². The van der Waals surface area contributed by atoms with E-state index in [1.807, 2.05) is 19.9 Å². The van der Waals surface area contributed by atoms with Gasteiger partial charge in [-0.25, -0.2) is 4.98 Å². The summed E-state index contributed by atoms with van der Waals surface area (Å²) in [7, 11) is 0. The molecule has 3 aromatic heterocycles. The Balaban J connectivity index is 1.81. The molecule has 4 heterocycles. The largest absolute Gasteiger partial charge is 0.481 e. The summed E-state index contributed by atoms with van der Waals surface area (Å²) in [5.41, 5.74) is 3.03. The Morgan fingerprint density at radius 2 is 2.07 bits per heavy atom. The summed E-state index contributed by atoms with van der Waals surface area (Å²) in [6.45, 7) is 6.59. The van der Waals surface area contributed by atoms with Crippen molar-refractivity contribution in [3.8, 4) is 11.3 Å². The van der Waals surface area contributed by atoms with Gasteiger partial charge in [0, 0.05) is 28.4 Å². The number of aryl methyl sites for hydroxylation is 3. The highest BCUT2D eigenvalue weighted by Gasteiger charge is 2.31. The fraction of sp³-hybridized carbons (Fsp3) is 0.400. The maximum absolute atomic E-state index is 13.3. The first-order valence-electron chi connectivity index (χ1n) is 9.21. The molecular weight excluding hydrogens is 378 g/mol. The van der Waals surface area contributed by atoms with Crippen LogP contribution < -0.4 is 0 Å². The molecule has 1 unspecified atom stereocenters. The first-order valence-corrected chi connectivity index (χ1v) is 10.0. The Bertz CT molecular complexity index is 1080. The number of nitrogens with zero attached hydrogens (tertiary/aromatic N) is 3. The third-order valence-electron chi connectivity index (χ3n) is 5.22. The lowest BCUT2D eigenvalue weighted by Crippen LogP contribution is -2.42. The number of rotatable bonds is 3. The van der Waals surface area contributed by atoms with E-state index in [4.69, 9.17) is 4.52 Å². The number of carbonyl (C=O) groups excluding carboxylic acids is 1. The first-order chi connectivity index (χ1) is 13.3. The molecule has 4 rings (SSSR count). The molecule has 0 radical (unpaired) electrons. The number of carboxylic acids is 1. The number of pyridine rings is 1. The number of piperidine rings is 1. The van der Waals surface area contributed by atoms with Gasteiger partial charge in [0.1, 0.15) is 0 Å². The zero-order valence-electron chi connectivity index (χ0n) is 16.0. The summed E-state index contributed by atoms with van der Waals surface area (Å²) in [5, 5.41) is 13.9. The molecule has 7 nitrogen and oxygen atoms in total. The summed E-state index contributed by atoms with van der Waals surface area (Å²) < 4.78 is 5.37. The van der Waals surface area contributed by atoms with Gasteiger partial charge in [-0.2, -0.15) is 0 Å². The molecule has 0 bridgehead atoms. The molecule has 1 N–H and O–H groups in total. The maximum Gasteiger partial charge on any atom is 0.308 e. The highest BCUT2D eigenvalue weighted by atomic mass is 32.1. The number of hydrogen-bond donors (Lipinski definition) is 1. The Morgan fingerprint density at radius 3 is 2.75 bits per heavy atom. The molecule has 1 aliphatic rings. The SMILES string of the molecule is Cc1cc(-c2cc(C(=O)N3CCCC(C(=O)O)C3)c3c(C)noc3n2)c(C)s1. The lowest BCUT2D eigenvalue weighted by molar-refractivity contribution is -0.143. The second-order valence-corrected chi connectivity index (χ2v) is 8.72. The van der Waals surface area contributed by atoms with Crippen LogP contribution in [0.25, 0.3) is 22.4 Å². The van der Waals surface area contributed by atoms with E-state index in [1.54, 1.807) is 29.2 Å². The van der Waals surface area contributed by atoms with Gasteiger partial charge in [0.25, 0.3) is 11.6 Å². The number of thiophene rings is 1. The molecule has 146 valence electrons. The Morgan fingerprint density at radius 1 is 1.29 bits per heavy atom. The van der Waals surface area contributed by atoms with Gasteiger partial charge in [0.05, 0.1) is 28.3 Å². The van der Waals surface area contributed by atoms with E-state index in [0.717, 1.165) is 15.3 Å². The van der Waals surface area contributed by atoms with Gasteiger partial charge < -0.3 is 14.5 Å². The van der Waals surface area contributed by atoms with E-state index >= 15 is 0 Å². The van der Waals surface area contributed by atoms with Crippen LogP contribution in [0.1, 0.15) is 38.6 Å². The van der Waals surface area contributed by atoms with Crippen molar-refractivity contribution in [3.05, 3.63) is 33.1 Å². The van der Waals surface area contributed by atoms with E-state index in [2.05, 4.69) is 10.1 Å². The smallest absolute Gasteiger partial charge is 0.308 e. The number of carboxylic acid groups (broad SMARTS) is 1. The minimum atomic E-state index is -0.858. The molecule has 1 fully saturated rings. The summed E-state index contributed by atoms with van der Waals surface area (Å²) in [6, 6.07) is 3.83. The predicted octanol–water partition coefficient (Wildman–Crippen LogP) is 3.81. The van der Waals surface area contributed by atoms with E-state index in [-0.39, 0.29) is 12.5 Å². The molecule has 1 atom stereocenters. The van der Waals surface area contributed by atoms with E-state index in [1.165, 1.54) is 0 Å². The van der Waals surface area contributed by atoms with E-state index in [0.29, 0.717) is 47.4 Å². The van der Waals surface area contributed by atoms with Crippen LogP contribution in [-0.4, -0.2) is 45.1 Å². The van der Waals surface area contributed by atoms with Crippen LogP contribution in [0.5, 0.6) is 0 Å². The second kappa shape index (κ2) is 7.01. The molecule has 0 saturated carbocycles. The number of hydrogen-bond acceptors (Lipinski definition) is 6. The highest BCUT2D eigenvalue weighted by molar-refractivity contribution is 7.12. The van der Waals surface area contributed by atoms with Crippen molar-refractivity contribution >= 4 is 34.3 Å². The molecule has 28 heavy (non-hydrogen) atoms. The number of aromatic nitrogens is 2. The van der Waals surface area contributed by atoms with Crippen LogP contribution >= 0.6 is 11.3 Å². The van der Waals surface area contributed by atoms with Gasteiger partial charge in [-0.1, -0.05) is 5.16 Å². The lowest BCUT2D eigenvalue weighted by atomic mass is 9.97. The number of amides is 1. The van der Waals surface area contributed by atoms with Crippen molar-refractivity contribution < 1.29 is 19.2 Å². The lowest BCUT2D eigenvalue weighted by Gasteiger charge is -2.31. The third kappa shape index (κ3) is 3.17. The van der Waals surface area contributed by atoms with Gasteiger partial charge in [-0.3, -0.25) is 9.59 Å². The van der Waals surface area contributed by atoms with Crippen molar-refractivity contribution in [3.63, 3.8) is 0 Å². The minimum absolute atomic E-state index is 0.199. The zero-order chi connectivity index (χ0) is 20.0. The summed E-state index contributed by atoms with van der Waals surface area (Å²) in [6.07, 6.45) is 1.27. The van der Waals surface area contributed by atoms with Crippen LogP contribution in [0.4, 0.5) is 0 Å². The number of aliphatic carboxylic acids is 1. The van der Waals surface area contributed by atoms with Gasteiger partial charge in [0.15, 0.2) is 0 Å². The van der Waals surface area contributed by atoms with Gasteiger partial charge in [-0.15, -0.1) is 11.3 Å². The molecule has 3 aromatic rings. The van der Waals surface area contributed by atoms with Crippen LogP contribution in [0.3, 0.4) is 0 Å². The molecule has 1 aliphatic heterocycles. The third-order valence-corrected chi connectivity index (χ3v) is 6.19. The zero-order valence-corrected chi connectivity index (χ0v) is 16.8. The molecule has 8 heteroatoms. The van der Waals surface area contributed by atoms with Gasteiger partial charge in [-0.05, 0) is 45.7 Å². The number of fused-ring (bicyclic) bond motifs is 1. The second-order valence-electron chi connectivity index (χ2n) is 7.26. The standard InChI is InChI=1S/C20H21N3O4S/c1-10-7-14(12(3)28-10)16-8-15(17-11(2)22-27-18(17)21-16)19(24)23-6-4-5-13(9-23)20(25)26/h7-8,13H,4-6,9H2,1-3H3,(H,25,26). The number of carbonyl (C=O) groups is 2. The van der Waals surface area contributed by atoms with Crippen LogP contribution in [0.2, 0.25) is 0 Å². The predicted molar refractivity (Wildman–Crippen MR) is 106 cm³/mol. The highest BCUT2D eigenvalue weighted by Crippen LogP contribution is 2.33. The summed E-state index contributed by atoms with van der Waals surface area (Å²) in [5.74, 6) is -1.58. The Labute approximate surface area is 166 Å². The van der Waals surface area contributed by atoms with Crippen molar-refractivity contribution in [2.75, 3.05) is 13.1 Å². The van der Waals surface area contributed by atoms with Crippen molar-refractivity contribution in [1.82, 2.24) is 15.0 Å². The first kappa shape index (κ1) is 18.6. The quantitative estimate of drug-likeness (QED) is 0.719. The fourth-order valence-corrected chi connectivity index (χ4v) is 4.75. The van der Waals surface area contributed by atoms with Crippen molar-refractivity contribution in [2.24, 2.45) is 5.92 Å². The van der Waals surface area contributed by atoms with Crippen LogP contribution in [0, 0.1) is 26.7 Å². The average Bonchev–Trinajstić information content (AvgIpc) is 3.22. The normalized spacial score (nSPS) is 17.2. The fourth-order valence-electron chi connectivity index (χ4n) is 3.82. The van der Waals surface area contributed by atoms with Crippen molar-refractivity contribution in [1.29, 1.82) is 0 Å². The minimum Gasteiger partial charge on any atom is -0.481 e. The molecule has 1 saturated heterocycles. The monoisotopic (exact) mass is 399 g/mol. The average molecular weight is 399 g/mol. The Hall–Kier alpha value is -2.74. The summed E-state index contributed by atoms with van der Waals surface area (Å²) in [4.78, 5) is 33.2. The summed E-state index contributed by atoms with van der Waals surface area (Å²) >= 11 is 1.67. The van der Waals surface area contributed by atoms with Gasteiger partial charge >= 0.3 is 5.97 Å². The topological polar surface area (TPSA) is 96.5 Å². The molecule has 0 aromatic carbocycles. The molecular formula is C20H21N3O4S. The van der Waals surface area contributed by atoms with E-state index < -0.39 is 11.9 Å². The van der Waals surface area contributed by atoms with Crippen molar-refractivity contribution in [2.45, 2.75) is 33.6 Å². The molecule has 1 amide bonds. The number of likely N-dealkylation sites (tertiary alicyclic amines) is 1. The van der Waals surface area contributed by atoms with E-state index in [9.17, 15) is 14.7 Å². The molecule has 0 aliphatic carbocycles. The maximum atomic E-state index is 13.3. The van der Waals surface area contributed by atoms with Gasteiger partial charge in [0.2, 0.25) is 0 Å². The Kier molecular flexibility index (Phi) is 4.66. The molecule has 0 spiro atoms. The van der Waals surface area contributed by atoms with Crippen LogP contribution in [0.15, 0.2) is 16.7 Å².